The minimum atomic E-state index is -3.50. The number of hydrogen-bond donors (Lipinski definition) is 0. The molecule has 7 heteroatoms. The van der Waals surface area contributed by atoms with Crippen LogP contribution in [0, 0.1) is 5.41 Å². The number of allylic oxidation sites excluding steroid dienone is 1. The molecule has 0 bridgehead atoms. The molecule has 0 heterocycles. The second kappa shape index (κ2) is 7.34. The van der Waals surface area contributed by atoms with Gasteiger partial charge in [0.1, 0.15) is 6.16 Å². The topological polar surface area (TPSA) is 78.9 Å². The predicted molar refractivity (Wildman–Crippen MR) is 78.2 cm³/mol. The first-order valence-corrected chi connectivity index (χ1v) is 8.75. The summed E-state index contributed by atoms with van der Waals surface area (Å²) >= 11 is 0. The summed E-state index contributed by atoms with van der Waals surface area (Å²) in [6, 6.07) is 0. The first-order valence-electron chi connectivity index (χ1n) is 7.02. The predicted octanol–water partition coefficient (Wildman–Crippen LogP) is 2.72. The quantitative estimate of drug-likeness (QED) is 0.530. The van der Waals surface area contributed by atoms with Gasteiger partial charge in [0.25, 0.3) is 0 Å². The van der Waals surface area contributed by atoms with Crippen LogP contribution in [0.2, 0.25) is 0 Å². The van der Waals surface area contributed by atoms with E-state index in [4.69, 9.17) is 13.8 Å². The van der Waals surface area contributed by atoms with Crippen molar-refractivity contribution in [3.63, 3.8) is 0 Å². The molecule has 0 radical (unpaired) electrons. The Morgan fingerprint density at radius 2 is 1.90 bits per heavy atom. The van der Waals surface area contributed by atoms with Crippen LogP contribution in [0.3, 0.4) is 0 Å². The van der Waals surface area contributed by atoms with Crippen LogP contribution in [0.15, 0.2) is 12.2 Å². The minimum Gasteiger partial charge on any atom is -0.453 e. The fourth-order valence-electron chi connectivity index (χ4n) is 2.04. The maximum absolute atomic E-state index is 12.2. The molecule has 0 saturated heterocycles. The van der Waals surface area contributed by atoms with Gasteiger partial charge in [0.05, 0.1) is 13.2 Å². The number of hydrogen-bond acceptors (Lipinski definition) is 6. The number of ether oxygens (including phenoxy) is 1. The summed E-state index contributed by atoms with van der Waals surface area (Å²) in [5, 5.41) is 0. The highest BCUT2D eigenvalue weighted by Gasteiger charge is 2.35. The van der Waals surface area contributed by atoms with Crippen molar-refractivity contribution < 1.29 is 27.9 Å². The highest BCUT2D eigenvalue weighted by Crippen LogP contribution is 2.48. The van der Waals surface area contributed by atoms with Crippen molar-refractivity contribution in [2.75, 3.05) is 19.4 Å². The highest BCUT2D eigenvalue weighted by molar-refractivity contribution is 7.54. The summed E-state index contributed by atoms with van der Waals surface area (Å²) in [7, 11) is -3.50. The lowest BCUT2D eigenvalue weighted by atomic mass is 9.81. The van der Waals surface area contributed by atoms with E-state index in [1.807, 2.05) is 13.8 Å². The van der Waals surface area contributed by atoms with Gasteiger partial charge in [-0.05, 0) is 25.3 Å². The normalized spacial score (nSPS) is 21.3. The summed E-state index contributed by atoms with van der Waals surface area (Å²) in [6.45, 7) is 7.56. The zero-order valence-corrected chi connectivity index (χ0v) is 13.9. The van der Waals surface area contributed by atoms with E-state index in [0.717, 1.165) is 0 Å². The van der Waals surface area contributed by atoms with E-state index in [1.165, 1.54) is 6.08 Å². The summed E-state index contributed by atoms with van der Waals surface area (Å²) < 4.78 is 27.4. The van der Waals surface area contributed by atoms with Gasteiger partial charge in [-0.3, -0.25) is 14.2 Å². The molecule has 1 aliphatic carbocycles. The fourth-order valence-corrected chi connectivity index (χ4v) is 3.47. The van der Waals surface area contributed by atoms with Crippen LogP contribution in [0.5, 0.6) is 0 Å². The van der Waals surface area contributed by atoms with Gasteiger partial charge in [-0.1, -0.05) is 19.9 Å². The van der Waals surface area contributed by atoms with Crippen LogP contribution in [-0.4, -0.2) is 37.2 Å². The number of carbonyl (C=O) groups excluding carboxylic acids is 2. The van der Waals surface area contributed by atoms with Crippen molar-refractivity contribution >= 4 is 19.3 Å². The highest BCUT2D eigenvalue weighted by atomic mass is 31.2. The average Bonchev–Trinajstić information content (AvgIpc) is 2.33. The molecule has 6 nitrogen and oxygen atoms in total. The molecule has 0 fully saturated rings. The molecule has 0 saturated carbocycles. The molecule has 21 heavy (non-hydrogen) atoms. The first kappa shape index (κ1) is 18.1. The Hall–Kier alpha value is -0.970. The molecule has 0 aliphatic heterocycles. The molecule has 1 unspecified atom stereocenters. The van der Waals surface area contributed by atoms with Crippen molar-refractivity contribution in [1.29, 1.82) is 0 Å². The van der Waals surface area contributed by atoms with Gasteiger partial charge in [-0.2, -0.15) is 0 Å². The molecule has 0 aromatic rings. The number of carbonyl (C=O) groups is 2. The summed E-state index contributed by atoms with van der Waals surface area (Å²) in [4.78, 5) is 23.6. The lowest BCUT2D eigenvalue weighted by molar-refractivity contribution is -0.153. The number of ketones is 1. The molecule has 0 aromatic heterocycles. The Kier molecular flexibility index (Phi) is 6.32. The van der Waals surface area contributed by atoms with E-state index in [2.05, 4.69) is 0 Å². The zero-order valence-electron chi connectivity index (χ0n) is 13.0. The molecule has 0 aromatic carbocycles. The molecule has 0 N–H and O–H groups in total. The molecule has 1 aliphatic rings. The van der Waals surface area contributed by atoms with Gasteiger partial charge in [-0.25, -0.2) is 0 Å². The molecule has 1 atom stereocenters. The molecule has 1 rings (SSSR count). The maximum Gasteiger partial charge on any atom is 0.341 e. The van der Waals surface area contributed by atoms with E-state index >= 15 is 0 Å². The Bertz CT molecular complexity index is 458. The Labute approximate surface area is 125 Å². The van der Waals surface area contributed by atoms with Crippen molar-refractivity contribution in [2.24, 2.45) is 5.41 Å². The van der Waals surface area contributed by atoms with Gasteiger partial charge < -0.3 is 13.8 Å². The minimum absolute atomic E-state index is 0.169. The number of esters is 1. The second-order valence-electron chi connectivity index (χ2n) is 5.51. The first-order chi connectivity index (χ1) is 9.71. The number of rotatable bonds is 7. The Morgan fingerprint density at radius 1 is 1.33 bits per heavy atom. The van der Waals surface area contributed by atoms with Crippen LogP contribution in [0.25, 0.3) is 0 Å². The second-order valence-corrected chi connectivity index (χ2v) is 7.57. The lowest BCUT2D eigenvalue weighted by Crippen LogP contribution is -2.35. The van der Waals surface area contributed by atoms with Gasteiger partial charge in [0.2, 0.25) is 0 Å². The Balaban J connectivity index is 2.66. The largest absolute Gasteiger partial charge is 0.453 e. The third kappa shape index (κ3) is 5.73. The van der Waals surface area contributed by atoms with E-state index in [0.29, 0.717) is 6.42 Å². The monoisotopic (exact) mass is 318 g/mol. The van der Waals surface area contributed by atoms with Crippen LogP contribution in [0.1, 0.15) is 34.1 Å². The van der Waals surface area contributed by atoms with Gasteiger partial charge in [0.15, 0.2) is 11.9 Å². The van der Waals surface area contributed by atoms with Crippen molar-refractivity contribution in [1.82, 2.24) is 0 Å². The van der Waals surface area contributed by atoms with Crippen LogP contribution in [-0.2, 0) is 27.9 Å². The maximum atomic E-state index is 12.2. The van der Waals surface area contributed by atoms with Gasteiger partial charge >= 0.3 is 13.6 Å². The molecule has 0 amide bonds. The van der Waals surface area contributed by atoms with Crippen molar-refractivity contribution in [3.05, 3.63) is 12.2 Å². The van der Waals surface area contributed by atoms with Gasteiger partial charge in [-0.15, -0.1) is 0 Å². The smallest absolute Gasteiger partial charge is 0.341 e. The van der Waals surface area contributed by atoms with E-state index in [-0.39, 0.29) is 24.4 Å². The van der Waals surface area contributed by atoms with E-state index < -0.39 is 25.8 Å². The third-order valence-electron chi connectivity index (χ3n) is 2.98. The average molecular weight is 318 g/mol. The zero-order chi connectivity index (χ0) is 16.1. The summed E-state index contributed by atoms with van der Waals surface area (Å²) in [5.41, 5.74) is -0.220. The van der Waals surface area contributed by atoms with Crippen molar-refractivity contribution in [2.45, 2.75) is 40.2 Å². The molecular weight excluding hydrogens is 295 g/mol. The standard InChI is InChI=1S/C14H23O6P/c1-5-18-21(17,19-6-2)10-13(16)20-12-9-14(3,4)8-7-11(12)15/h7-8,12H,5-6,9-10H2,1-4H3. The SMILES string of the molecule is CCOP(=O)(CC(=O)OC1CC(C)(C)C=CC1=O)OCC. The summed E-state index contributed by atoms with van der Waals surface area (Å²) in [5.74, 6) is -1.00. The van der Waals surface area contributed by atoms with Crippen LogP contribution >= 0.6 is 7.60 Å². The molecule has 120 valence electrons. The Morgan fingerprint density at radius 3 is 2.43 bits per heavy atom. The van der Waals surface area contributed by atoms with Crippen molar-refractivity contribution in [3.8, 4) is 0 Å². The third-order valence-corrected chi connectivity index (χ3v) is 4.92. The summed E-state index contributed by atoms with van der Waals surface area (Å²) in [6.07, 6.45) is 2.30. The molecular formula is C14H23O6P. The fraction of sp³-hybridized carbons (Fsp3) is 0.714. The van der Waals surface area contributed by atoms with E-state index in [9.17, 15) is 14.2 Å². The van der Waals surface area contributed by atoms with Crippen LogP contribution in [0.4, 0.5) is 0 Å². The van der Waals surface area contributed by atoms with E-state index in [1.54, 1.807) is 19.9 Å². The lowest BCUT2D eigenvalue weighted by Gasteiger charge is -2.29. The van der Waals surface area contributed by atoms with Gasteiger partial charge in [0, 0.05) is 6.42 Å². The van der Waals surface area contributed by atoms with Crippen LogP contribution < -0.4 is 0 Å². The molecule has 0 spiro atoms.